The molecular weight excluding hydrogens is 254 g/mol. The summed E-state index contributed by atoms with van der Waals surface area (Å²) in [6.45, 7) is 0.164. The van der Waals surface area contributed by atoms with Gasteiger partial charge in [0.1, 0.15) is 4.90 Å². The van der Waals surface area contributed by atoms with E-state index in [1.807, 2.05) is 0 Å². The lowest BCUT2D eigenvalue weighted by Crippen LogP contribution is -2.24. The van der Waals surface area contributed by atoms with Crippen LogP contribution in [-0.2, 0) is 16.6 Å². The molecule has 1 aromatic carbocycles. The Morgan fingerprint density at radius 3 is 2.78 bits per heavy atom. The lowest BCUT2D eigenvalue weighted by Gasteiger charge is -2.10. The van der Waals surface area contributed by atoms with Crippen molar-refractivity contribution in [1.82, 2.24) is 14.9 Å². The van der Waals surface area contributed by atoms with Crippen LogP contribution in [0, 0.1) is 0 Å². The smallest absolute Gasteiger partial charge is 0.242 e. The topological polar surface area (TPSA) is 113 Å². The minimum absolute atomic E-state index is 0.107. The number of hydrogen-bond acceptors (Lipinski definition) is 5. The predicted molar refractivity (Wildman–Crippen MR) is 66.9 cm³/mol. The molecule has 18 heavy (non-hydrogen) atoms. The van der Waals surface area contributed by atoms with Gasteiger partial charge in [-0.2, -0.15) is 5.10 Å². The highest BCUT2D eigenvalue weighted by molar-refractivity contribution is 7.89. The van der Waals surface area contributed by atoms with Crippen LogP contribution >= 0.6 is 0 Å². The lowest BCUT2D eigenvalue weighted by molar-refractivity contribution is 0.581. The summed E-state index contributed by atoms with van der Waals surface area (Å²) in [5.74, 6) is 5.28. The average Bonchev–Trinajstić information content (AvgIpc) is 2.89. The lowest BCUT2D eigenvalue weighted by atomic mass is 10.3. The third-order valence-electron chi connectivity index (χ3n) is 2.35. The Hall–Kier alpha value is -1.90. The molecule has 0 saturated heterocycles. The number of anilines is 1. The number of nitrogens with two attached hydrogens (primary N) is 1. The second kappa shape index (κ2) is 5.17. The minimum Gasteiger partial charge on any atom is -0.323 e. The van der Waals surface area contributed by atoms with Gasteiger partial charge in [0.2, 0.25) is 10.0 Å². The van der Waals surface area contributed by atoms with Crippen molar-refractivity contribution in [2.24, 2.45) is 5.84 Å². The average molecular weight is 267 g/mol. The van der Waals surface area contributed by atoms with Gasteiger partial charge in [-0.25, -0.2) is 13.1 Å². The van der Waals surface area contributed by atoms with E-state index in [0.717, 1.165) is 5.56 Å². The molecule has 2 rings (SSSR count). The minimum atomic E-state index is -3.61. The fourth-order valence-electron chi connectivity index (χ4n) is 1.45. The maximum Gasteiger partial charge on any atom is 0.242 e. The maximum atomic E-state index is 12.1. The number of H-pyrrole nitrogens is 1. The molecule has 1 heterocycles. The van der Waals surface area contributed by atoms with Gasteiger partial charge in [0.15, 0.2) is 0 Å². The monoisotopic (exact) mass is 267 g/mol. The Balaban J connectivity index is 2.20. The molecule has 0 unspecified atom stereocenters. The molecule has 0 spiro atoms. The van der Waals surface area contributed by atoms with E-state index in [2.05, 4.69) is 20.3 Å². The van der Waals surface area contributed by atoms with Crippen LogP contribution in [-0.4, -0.2) is 18.6 Å². The van der Waals surface area contributed by atoms with Gasteiger partial charge in [-0.15, -0.1) is 0 Å². The van der Waals surface area contributed by atoms with Crippen LogP contribution in [0.3, 0.4) is 0 Å². The first-order valence-corrected chi connectivity index (χ1v) is 6.65. The number of para-hydroxylation sites is 1. The van der Waals surface area contributed by atoms with Crippen molar-refractivity contribution >= 4 is 15.7 Å². The number of benzene rings is 1. The number of hydrazine groups is 1. The fraction of sp³-hybridized carbons (Fsp3) is 0.100. The molecule has 0 fully saturated rings. The van der Waals surface area contributed by atoms with E-state index in [-0.39, 0.29) is 11.4 Å². The molecule has 2 aromatic rings. The number of sulfonamides is 1. The Morgan fingerprint density at radius 2 is 2.11 bits per heavy atom. The zero-order valence-corrected chi connectivity index (χ0v) is 10.2. The summed E-state index contributed by atoms with van der Waals surface area (Å²) >= 11 is 0. The molecule has 8 heteroatoms. The summed E-state index contributed by atoms with van der Waals surface area (Å²) < 4.78 is 26.6. The summed E-state index contributed by atoms with van der Waals surface area (Å²) in [5, 5.41) is 6.35. The van der Waals surface area contributed by atoms with Gasteiger partial charge >= 0.3 is 0 Å². The third kappa shape index (κ3) is 2.67. The van der Waals surface area contributed by atoms with E-state index in [9.17, 15) is 8.42 Å². The van der Waals surface area contributed by atoms with Crippen LogP contribution in [0.15, 0.2) is 41.6 Å². The Kier molecular flexibility index (Phi) is 3.60. The number of rotatable bonds is 5. The van der Waals surface area contributed by atoms with Gasteiger partial charge in [0.25, 0.3) is 0 Å². The van der Waals surface area contributed by atoms with E-state index in [1.54, 1.807) is 30.6 Å². The van der Waals surface area contributed by atoms with Crippen molar-refractivity contribution in [2.45, 2.75) is 11.4 Å². The molecule has 0 radical (unpaired) electrons. The standard InChI is InChI=1S/C10H13N5O2S/c11-15-9-3-1-2-4-10(9)18(16,17)14-7-8-5-12-13-6-8/h1-6,14-15H,7,11H2,(H,12,13). The first kappa shape index (κ1) is 12.6. The van der Waals surface area contributed by atoms with Gasteiger partial charge < -0.3 is 5.43 Å². The maximum absolute atomic E-state index is 12.1. The molecule has 96 valence electrons. The zero-order valence-electron chi connectivity index (χ0n) is 9.42. The molecule has 7 nitrogen and oxygen atoms in total. The predicted octanol–water partition coefficient (Wildman–Crippen LogP) is 0.174. The summed E-state index contributed by atoms with van der Waals surface area (Å²) in [5.41, 5.74) is 3.45. The van der Waals surface area contributed by atoms with Crippen LogP contribution < -0.4 is 16.0 Å². The van der Waals surface area contributed by atoms with Crippen LogP contribution in [0.1, 0.15) is 5.56 Å². The van der Waals surface area contributed by atoms with E-state index >= 15 is 0 Å². The van der Waals surface area contributed by atoms with Crippen LogP contribution in [0.4, 0.5) is 5.69 Å². The number of aromatic amines is 1. The van der Waals surface area contributed by atoms with Crippen LogP contribution in [0.5, 0.6) is 0 Å². The third-order valence-corrected chi connectivity index (χ3v) is 3.81. The van der Waals surface area contributed by atoms with Crippen molar-refractivity contribution < 1.29 is 8.42 Å². The molecule has 0 amide bonds. The summed E-state index contributed by atoms with van der Waals surface area (Å²) in [7, 11) is -3.61. The first-order chi connectivity index (χ1) is 8.63. The highest BCUT2D eigenvalue weighted by Crippen LogP contribution is 2.19. The second-order valence-electron chi connectivity index (χ2n) is 3.57. The molecule has 0 aliphatic carbocycles. The Morgan fingerprint density at radius 1 is 1.33 bits per heavy atom. The fourth-order valence-corrected chi connectivity index (χ4v) is 2.64. The molecule has 0 aliphatic rings. The molecule has 0 saturated carbocycles. The number of hydrogen-bond donors (Lipinski definition) is 4. The number of nitrogens with zero attached hydrogens (tertiary/aromatic N) is 1. The summed E-state index contributed by atoms with van der Waals surface area (Å²) in [6.07, 6.45) is 3.17. The van der Waals surface area contributed by atoms with Gasteiger partial charge in [-0.1, -0.05) is 12.1 Å². The van der Waals surface area contributed by atoms with Crippen molar-refractivity contribution in [3.63, 3.8) is 0 Å². The Bertz CT molecular complexity index is 609. The molecule has 0 bridgehead atoms. The van der Waals surface area contributed by atoms with Crippen LogP contribution in [0.25, 0.3) is 0 Å². The van der Waals surface area contributed by atoms with Crippen molar-refractivity contribution in [1.29, 1.82) is 0 Å². The summed E-state index contributed by atoms with van der Waals surface area (Å²) in [6, 6.07) is 6.40. The zero-order chi connectivity index (χ0) is 13.0. The van der Waals surface area contributed by atoms with Gasteiger partial charge in [0, 0.05) is 18.3 Å². The van der Waals surface area contributed by atoms with Gasteiger partial charge in [-0.3, -0.25) is 10.9 Å². The highest BCUT2D eigenvalue weighted by atomic mass is 32.2. The molecule has 0 atom stereocenters. The van der Waals surface area contributed by atoms with Gasteiger partial charge in [0.05, 0.1) is 11.9 Å². The van der Waals surface area contributed by atoms with Crippen LogP contribution in [0.2, 0.25) is 0 Å². The highest BCUT2D eigenvalue weighted by Gasteiger charge is 2.17. The quantitative estimate of drug-likeness (QED) is 0.456. The second-order valence-corrected chi connectivity index (χ2v) is 5.31. The van der Waals surface area contributed by atoms with Crippen molar-refractivity contribution in [3.8, 4) is 0 Å². The molecule has 1 aromatic heterocycles. The number of nitrogen functional groups attached to an aromatic ring is 1. The normalized spacial score (nSPS) is 11.4. The first-order valence-electron chi connectivity index (χ1n) is 5.16. The largest absolute Gasteiger partial charge is 0.323 e. The molecule has 5 N–H and O–H groups in total. The van der Waals surface area contributed by atoms with E-state index < -0.39 is 10.0 Å². The summed E-state index contributed by atoms with van der Waals surface area (Å²) in [4.78, 5) is 0.107. The van der Waals surface area contributed by atoms with Crippen molar-refractivity contribution in [2.75, 3.05) is 5.43 Å². The van der Waals surface area contributed by atoms with Crippen molar-refractivity contribution in [3.05, 3.63) is 42.2 Å². The number of aromatic nitrogens is 2. The molecular formula is C10H13N5O2S. The van der Waals surface area contributed by atoms with E-state index in [0.29, 0.717) is 5.69 Å². The van der Waals surface area contributed by atoms with Gasteiger partial charge in [-0.05, 0) is 12.1 Å². The number of nitrogens with one attached hydrogen (secondary N) is 3. The SMILES string of the molecule is NNc1ccccc1S(=O)(=O)NCc1cn[nH]c1. The molecule has 0 aliphatic heterocycles. The van der Waals surface area contributed by atoms with E-state index in [4.69, 9.17) is 5.84 Å². The van der Waals surface area contributed by atoms with E-state index in [1.165, 1.54) is 6.07 Å². The Labute approximate surface area is 104 Å².